The summed E-state index contributed by atoms with van der Waals surface area (Å²) >= 11 is 0. The lowest BCUT2D eigenvalue weighted by molar-refractivity contribution is 0.0995. The van der Waals surface area contributed by atoms with Crippen molar-refractivity contribution in [2.24, 2.45) is 5.73 Å². The monoisotopic (exact) mass is 243 g/mol. The molecule has 5 heteroatoms. The highest BCUT2D eigenvalue weighted by atomic mass is 16.1. The van der Waals surface area contributed by atoms with E-state index in [1.54, 1.807) is 0 Å². The first-order chi connectivity index (χ1) is 8.56. The van der Waals surface area contributed by atoms with E-state index in [9.17, 15) is 9.59 Å². The molecule has 18 heavy (non-hydrogen) atoms. The Morgan fingerprint density at radius 1 is 1.33 bits per heavy atom. The molecule has 1 heterocycles. The van der Waals surface area contributed by atoms with Crippen LogP contribution in [0.15, 0.2) is 41.5 Å². The molecule has 0 saturated heterocycles. The third-order valence-electron chi connectivity index (χ3n) is 2.61. The van der Waals surface area contributed by atoms with E-state index in [2.05, 4.69) is 4.98 Å². The van der Waals surface area contributed by atoms with E-state index in [0.29, 0.717) is 6.54 Å². The average molecular weight is 243 g/mol. The maximum Gasteiger partial charge on any atom is 0.267 e. The van der Waals surface area contributed by atoms with Crippen LogP contribution in [0.1, 0.15) is 21.6 Å². The van der Waals surface area contributed by atoms with Gasteiger partial charge in [-0.05, 0) is 12.5 Å². The summed E-state index contributed by atoms with van der Waals surface area (Å²) in [5.74, 6) is -0.699. The third-order valence-corrected chi connectivity index (χ3v) is 2.61. The topological polar surface area (TPSA) is 78.0 Å². The van der Waals surface area contributed by atoms with Gasteiger partial charge in [-0.25, -0.2) is 4.98 Å². The maximum absolute atomic E-state index is 11.7. The Hall–Kier alpha value is -2.43. The van der Waals surface area contributed by atoms with E-state index in [-0.39, 0.29) is 11.3 Å². The summed E-state index contributed by atoms with van der Waals surface area (Å²) in [7, 11) is 0. The molecule has 0 bridgehead atoms. The summed E-state index contributed by atoms with van der Waals surface area (Å²) in [6, 6.07) is 9.00. The van der Waals surface area contributed by atoms with Crippen LogP contribution in [0.4, 0.5) is 0 Å². The molecule has 0 spiro atoms. The lowest BCUT2D eigenvalue weighted by atomic mass is 10.1. The smallest absolute Gasteiger partial charge is 0.267 e. The van der Waals surface area contributed by atoms with E-state index in [1.807, 2.05) is 31.2 Å². The van der Waals surface area contributed by atoms with Gasteiger partial charge in [0.05, 0.1) is 12.9 Å². The van der Waals surface area contributed by atoms with Gasteiger partial charge in [-0.1, -0.05) is 29.8 Å². The van der Waals surface area contributed by atoms with Gasteiger partial charge >= 0.3 is 0 Å². The van der Waals surface area contributed by atoms with Crippen LogP contribution in [0.2, 0.25) is 0 Å². The molecule has 0 aliphatic heterocycles. The van der Waals surface area contributed by atoms with Crippen molar-refractivity contribution >= 4 is 5.91 Å². The first-order valence-corrected chi connectivity index (χ1v) is 5.48. The van der Waals surface area contributed by atoms with Gasteiger partial charge in [-0.3, -0.25) is 14.2 Å². The fraction of sp³-hybridized carbons (Fsp3) is 0.154. The Labute approximate surface area is 104 Å². The number of carbonyl (C=O) groups is 1. The van der Waals surface area contributed by atoms with Crippen LogP contribution >= 0.6 is 0 Å². The zero-order chi connectivity index (χ0) is 13.1. The largest absolute Gasteiger partial charge is 0.364 e. The van der Waals surface area contributed by atoms with Crippen LogP contribution in [-0.2, 0) is 6.54 Å². The number of rotatable bonds is 3. The number of nitrogens with two attached hydrogens (primary N) is 1. The van der Waals surface area contributed by atoms with Crippen LogP contribution in [0, 0.1) is 6.92 Å². The predicted octanol–water partition coefficient (Wildman–Crippen LogP) is 0.699. The molecule has 0 unspecified atom stereocenters. The molecule has 2 aromatic rings. The van der Waals surface area contributed by atoms with Crippen molar-refractivity contribution in [3.05, 3.63) is 63.8 Å². The summed E-state index contributed by atoms with van der Waals surface area (Å²) in [4.78, 5) is 26.4. The Morgan fingerprint density at radius 2 is 2.00 bits per heavy atom. The molecule has 0 fully saturated rings. The zero-order valence-corrected chi connectivity index (χ0v) is 9.96. The van der Waals surface area contributed by atoms with E-state index in [0.717, 1.165) is 17.2 Å². The fourth-order valence-electron chi connectivity index (χ4n) is 1.57. The number of aryl methyl sites for hydroxylation is 1. The molecule has 2 rings (SSSR count). The lowest BCUT2D eigenvalue weighted by Crippen LogP contribution is -2.24. The number of amides is 1. The number of hydrogen-bond acceptors (Lipinski definition) is 3. The van der Waals surface area contributed by atoms with Crippen molar-refractivity contribution < 1.29 is 4.79 Å². The normalized spacial score (nSPS) is 10.3. The van der Waals surface area contributed by atoms with Crippen molar-refractivity contribution in [1.82, 2.24) is 9.55 Å². The Balaban J connectivity index is 2.27. The van der Waals surface area contributed by atoms with Crippen LogP contribution in [0.3, 0.4) is 0 Å². The minimum atomic E-state index is -0.699. The highest BCUT2D eigenvalue weighted by Gasteiger charge is 2.05. The molecular weight excluding hydrogens is 230 g/mol. The highest BCUT2D eigenvalue weighted by Crippen LogP contribution is 2.04. The van der Waals surface area contributed by atoms with Gasteiger partial charge in [0.15, 0.2) is 0 Å². The third kappa shape index (κ3) is 2.63. The number of nitrogens with zero attached hydrogens (tertiary/aromatic N) is 2. The highest BCUT2D eigenvalue weighted by molar-refractivity contribution is 5.90. The molecule has 1 aromatic carbocycles. The Kier molecular flexibility index (Phi) is 3.23. The Bertz CT molecular complexity index is 629. The number of aromatic nitrogens is 2. The summed E-state index contributed by atoms with van der Waals surface area (Å²) < 4.78 is 1.43. The van der Waals surface area contributed by atoms with E-state index < -0.39 is 5.91 Å². The van der Waals surface area contributed by atoms with Crippen molar-refractivity contribution in [1.29, 1.82) is 0 Å². The summed E-state index contributed by atoms with van der Waals surface area (Å²) in [5.41, 5.74) is 6.90. The summed E-state index contributed by atoms with van der Waals surface area (Å²) in [6.45, 7) is 2.42. The van der Waals surface area contributed by atoms with Crippen molar-refractivity contribution in [3.63, 3.8) is 0 Å². The second-order valence-corrected chi connectivity index (χ2v) is 4.09. The van der Waals surface area contributed by atoms with E-state index >= 15 is 0 Å². The number of hydrogen-bond donors (Lipinski definition) is 1. The summed E-state index contributed by atoms with van der Waals surface area (Å²) in [5, 5.41) is 0. The molecule has 0 radical (unpaired) electrons. The molecule has 2 N–H and O–H groups in total. The molecule has 92 valence electrons. The Morgan fingerprint density at radius 3 is 2.56 bits per heavy atom. The minimum absolute atomic E-state index is 0.0137. The molecule has 0 atom stereocenters. The van der Waals surface area contributed by atoms with Gasteiger partial charge in [0.25, 0.3) is 11.5 Å². The quantitative estimate of drug-likeness (QED) is 0.861. The van der Waals surface area contributed by atoms with Gasteiger partial charge in [-0.2, -0.15) is 0 Å². The van der Waals surface area contributed by atoms with E-state index in [4.69, 9.17) is 5.73 Å². The van der Waals surface area contributed by atoms with Crippen molar-refractivity contribution in [3.8, 4) is 0 Å². The van der Waals surface area contributed by atoms with E-state index in [1.165, 1.54) is 10.9 Å². The molecule has 0 aliphatic rings. The number of carbonyl (C=O) groups excluding carboxylic acids is 1. The lowest BCUT2D eigenvalue weighted by Gasteiger charge is -2.05. The zero-order valence-electron chi connectivity index (χ0n) is 9.96. The van der Waals surface area contributed by atoms with Crippen molar-refractivity contribution in [2.45, 2.75) is 13.5 Å². The standard InChI is InChI=1S/C13H13N3O2/c1-9-2-4-10(5-3-9)7-16-8-15-11(13(14)18)6-12(16)17/h2-6,8H,7H2,1H3,(H2,14,18). The minimum Gasteiger partial charge on any atom is -0.364 e. The maximum atomic E-state index is 11.7. The van der Waals surface area contributed by atoms with Crippen LogP contribution in [0.25, 0.3) is 0 Å². The molecule has 0 saturated carbocycles. The summed E-state index contributed by atoms with van der Waals surface area (Å²) in [6.07, 6.45) is 1.34. The van der Waals surface area contributed by atoms with Crippen LogP contribution < -0.4 is 11.3 Å². The van der Waals surface area contributed by atoms with Crippen LogP contribution in [-0.4, -0.2) is 15.5 Å². The first-order valence-electron chi connectivity index (χ1n) is 5.48. The first kappa shape index (κ1) is 12.0. The van der Waals surface area contributed by atoms with Crippen molar-refractivity contribution in [2.75, 3.05) is 0 Å². The van der Waals surface area contributed by atoms with Gasteiger partial charge in [0.1, 0.15) is 5.69 Å². The fourth-order valence-corrected chi connectivity index (χ4v) is 1.57. The second-order valence-electron chi connectivity index (χ2n) is 4.09. The van der Waals surface area contributed by atoms with Gasteiger partial charge in [0.2, 0.25) is 0 Å². The van der Waals surface area contributed by atoms with Crippen LogP contribution in [0.5, 0.6) is 0 Å². The molecule has 0 aliphatic carbocycles. The molecule has 5 nitrogen and oxygen atoms in total. The molecular formula is C13H13N3O2. The number of benzene rings is 1. The second kappa shape index (κ2) is 4.83. The van der Waals surface area contributed by atoms with Gasteiger partial charge in [-0.15, -0.1) is 0 Å². The van der Waals surface area contributed by atoms with Gasteiger partial charge < -0.3 is 5.73 Å². The molecule has 1 aromatic heterocycles. The number of primary amides is 1. The molecule has 1 amide bonds. The SMILES string of the molecule is Cc1ccc(Cn2cnc(C(N)=O)cc2=O)cc1. The van der Waals surface area contributed by atoms with Gasteiger partial charge in [0, 0.05) is 6.07 Å². The average Bonchev–Trinajstić information content (AvgIpc) is 2.34. The predicted molar refractivity (Wildman–Crippen MR) is 67.3 cm³/mol.